The summed E-state index contributed by atoms with van der Waals surface area (Å²) in [6.07, 6.45) is 1.55. The molecule has 0 aromatic heterocycles. The Morgan fingerprint density at radius 1 is 1.11 bits per heavy atom. The fraction of sp³-hybridized carbons (Fsp3) is 0.308. The summed E-state index contributed by atoms with van der Waals surface area (Å²) in [5.41, 5.74) is 1.05. The van der Waals surface area contributed by atoms with Crippen molar-refractivity contribution in [2.45, 2.75) is 6.92 Å². The molecule has 0 unspecified atom stereocenters. The summed E-state index contributed by atoms with van der Waals surface area (Å²) in [5.74, 6) is -0.460. The van der Waals surface area contributed by atoms with Gasteiger partial charge in [-0.25, -0.2) is 0 Å². The first-order chi connectivity index (χ1) is 18.3. The first-order valence-electron chi connectivity index (χ1n) is 11.9. The molecule has 2 saturated heterocycles. The lowest BCUT2D eigenvalue weighted by atomic mass is 10.2. The van der Waals surface area contributed by atoms with Crippen LogP contribution in [-0.2, 0) is 19.1 Å². The minimum absolute atomic E-state index is 0.143. The van der Waals surface area contributed by atoms with Crippen LogP contribution in [0.5, 0.6) is 11.5 Å². The van der Waals surface area contributed by atoms with E-state index >= 15 is 0 Å². The number of hydrogen-bond donors (Lipinski definition) is 1. The summed E-state index contributed by atoms with van der Waals surface area (Å²) in [6.45, 7) is 3.65. The molecule has 2 aromatic carbocycles. The zero-order valence-electron chi connectivity index (χ0n) is 20.6. The number of carbonyl (C=O) groups is 4. The molecule has 0 radical (unpaired) electrons. The molecule has 1 N–H and O–H groups in total. The van der Waals surface area contributed by atoms with Crippen molar-refractivity contribution < 1.29 is 33.4 Å². The third kappa shape index (κ3) is 7.06. The van der Waals surface area contributed by atoms with E-state index in [0.717, 1.165) is 16.7 Å². The zero-order chi connectivity index (χ0) is 27.1. The van der Waals surface area contributed by atoms with Gasteiger partial charge in [0, 0.05) is 23.8 Å². The molecule has 0 saturated carbocycles. The normalized spacial score (nSPS) is 16.6. The predicted octanol–water partition coefficient (Wildman–Crippen LogP) is 3.65. The Bertz CT molecular complexity index is 1260. The topological polar surface area (TPSA) is 114 Å². The number of nitrogens with zero attached hydrogens (tertiary/aromatic N) is 2. The fourth-order valence-corrected chi connectivity index (χ4v) is 4.77. The number of benzene rings is 2. The second-order valence-corrected chi connectivity index (χ2v) is 9.68. The quantitative estimate of drug-likeness (QED) is 0.463. The molecule has 4 rings (SSSR count). The lowest BCUT2D eigenvalue weighted by molar-refractivity contribution is -0.137. The fourth-order valence-electron chi connectivity index (χ4n) is 3.74. The second kappa shape index (κ2) is 12.8. The molecule has 2 aliphatic rings. The Balaban J connectivity index is 1.41. The first-order valence-corrected chi connectivity index (χ1v) is 13.1. The number of ether oxygens (including phenoxy) is 3. The van der Waals surface area contributed by atoms with Crippen molar-refractivity contribution in [2.24, 2.45) is 0 Å². The summed E-state index contributed by atoms with van der Waals surface area (Å²) >= 11 is 6.67. The van der Waals surface area contributed by atoms with E-state index in [1.165, 1.54) is 0 Å². The Labute approximate surface area is 228 Å². The smallest absolute Gasteiger partial charge is 0.294 e. The summed E-state index contributed by atoms with van der Waals surface area (Å²) in [6, 6.07) is 11.6. The maximum absolute atomic E-state index is 12.9. The number of nitrogens with one attached hydrogen (secondary N) is 1. The van der Waals surface area contributed by atoms with E-state index in [2.05, 4.69) is 5.32 Å². The Morgan fingerprint density at radius 2 is 1.89 bits per heavy atom. The van der Waals surface area contributed by atoms with E-state index < -0.39 is 23.6 Å². The van der Waals surface area contributed by atoms with Gasteiger partial charge in [0.1, 0.15) is 6.54 Å². The summed E-state index contributed by atoms with van der Waals surface area (Å²) in [4.78, 5) is 52.9. The van der Waals surface area contributed by atoms with Crippen LogP contribution in [0.2, 0.25) is 5.02 Å². The van der Waals surface area contributed by atoms with E-state index in [1.807, 2.05) is 6.92 Å². The predicted molar refractivity (Wildman–Crippen MR) is 143 cm³/mol. The van der Waals surface area contributed by atoms with Crippen molar-refractivity contribution in [1.82, 2.24) is 9.80 Å². The number of morpholine rings is 1. The van der Waals surface area contributed by atoms with E-state index in [-0.39, 0.29) is 17.4 Å². The second-order valence-electron chi connectivity index (χ2n) is 8.25. The minimum Gasteiger partial charge on any atom is -0.490 e. The van der Waals surface area contributed by atoms with Crippen LogP contribution in [0.3, 0.4) is 0 Å². The standard InChI is InChI=1S/C26H26ClN3O7S/c1-2-36-21-12-17(6-7-20(21)37-16-24(32)29-8-10-35-11-9-29)13-22-25(33)30(26(34)38-22)15-23(31)28-19-5-3-4-18(27)14-19/h3-7,12-14H,2,8-11,15-16H2,1H3,(H,28,31)/b22-13-. The molecule has 10 nitrogen and oxygen atoms in total. The van der Waals surface area contributed by atoms with Gasteiger partial charge < -0.3 is 24.4 Å². The van der Waals surface area contributed by atoms with E-state index in [9.17, 15) is 19.2 Å². The molecule has 0 spiro atoms. The number of rotatable bonds is 9. The van der Waals surface area contributed by atoms with Crippen LogP contribution < -0.4 is 14.8 Å². The summed E-state index contributed by atoms with van der Waals surface area (Å²) in [5, 5.41) is 2.52. The average molecular weight is 560 g/mol. The molecule has 12 heteroatoms. The largest absolute Gasteiger partial charge is 0.490 e. The van der Waals surface area contributed by atoms with E-state index in [1.54, 1.807) is 53.4 Å². The van der Waals surface area contributed by atoms with Crippen LogP contribution >= 0.6 is 23.4 Å². The lowest BCUT2D eigenvalue weighted by Gasteiger charge is -2.26. The van der Waals surface area contributed by atoms with Crippen LogP contribution in [0.1, 0.15) is 12.5 Å². The van der Waals surface area contributed by atoms with Crippen molar-refractivity contribution in [3.05, 3.63) is 58.0 Å². The van der Waals surface area contributed by atoms with Crippen molar-refractivity contribution in [3.8, 4) is 11.5 Å². The molecular weight excluding hydrogens is 534 g/mol. The van der Waals surface area contributed by atoms with Gasteiger partial charge in [0.15, 0.2) is 18.1 Å². The highest BCUT2D eigenvalue weighted by Gasteiger charge is 2.36. The lowest BCUT2D eigenvalue weighted by Crippen LogP contribution is -2.43. The van der Waals surface area contributed by atoms with Gasteiger partial charge in [-0.1, -0.05) is 23.7 Å². The van der Waals surface area contributed by atoms with Crippen LogP contribution in [0.25, 0.3) is 6.08 Å². The number of imide groups is 1. The molecule has 0 atom stereocenters. The Morgan fingerprint density at radius 3 is 2.63 bits per heavy atom. The van der Waals surface area contributed by atoms with E-state index in [4.69, 9.17) is 25.8 Å². The van der Waals surface area contributed by atoms with Gasteiger partial charge in [0.05, 0.1) is 24.7 Å². The molecule has 0 aliphatic carbocycles. The molecule has 2 aliphatic heterocycles. The highest BCUT2D eigenvalue weighted by Crippen LogP contribution is 2.34. The van der Waals surface area contributed by atoms with Gasteiger partial charge in [0.25, 0.3) is 17.1 Å². The highest BCUT2D eigenvalue weighted by molar-refractivity contribution is 8.18. The maximum Gasteiger partial charge on any atom is 0.294 e. The molecule has 38 heavy (non-hydrogen) atoms. The third-order valence-corrected chi connectivity index (χ3v) is 6.71. The van der Waals surface area contributed by atoms with Gasteiger partial charge in [0.2, 0.25) is 5.91 Å². The molecule has 2 fully saturated rings. The highest BCUT2D eigenvalue weighted by atomic mass is 35.5. The Hall–Kier alpha value is -3.54. The van der Waals surface area contributed by atoms with Gasteiger partial charge in [-0.2, -0.15) is 0 Å². The average Bonchev–Trinajstić information content (AvgIpc) is 3.16. The minimum atomic E-state index is -0.573. The first kappa shape index (κ1) is 27.5. The van der Waals surface area contributed by atoms with Crippen molar-refractivity contribution in [3.63, 3.8) is 0 Å². The zero-order valence-corrected chi connectivity index (χ0v) is 22.2. The number of carbonyl (C=O) groups excluding carboxylic acids is 4. The van der Waals surface area contributed by atoms with Crippen LogP contribution in [-0.4, -0.2) is 78.8 Å². The summed E-state index contributed by atoms with van der Waals surface area (Å²) < 4.78 is 16.7. The SMILES string of the molecule is CCOc1cc(/C=C2\SC(=O)N(CC(=O)Nc3cccc(Cl)c3)C2=O)ccc1OCC(=O)N1CCOCC1. The van der Waals surface area contributed by atoms with Crippen molar-refractivity contribution >= 4 is 58.1 Å². The number of thioether (sulfide) groups is 1. The van der Waals surface area contributed by atoms with Gasteiger partial charge in [-0.15, -0.1) is 0 Å². The number of hydrogen-bond acceptors (Lipinski definition) is 8. The Kier molecular flexibility index (Phi) is 9.27. The molecular formula is C26H26ClN3O7S. The van der Waals surface area contributed by atoms with Crippen molar-refractivity contribution in [2.75, 3.05) is 51.4 Å². The molecule has 200 valence electrons. The molecule has 4 amide bonds. The molecule has 2 heterocycles. The summed E-state index contributed by atoms with van der Waals surface area (Å²) in [7, 11) is 0. The van der Waals surface area contributed by atoms with Crippen molar-refractivity contribution in [1.29, 1.82) is 0 Å². The monoisotopic (exact) mass is 559 g/mol. The maximum atomic E-state index is 12.9. The number of amides is 4. The number of halogens is 1. The van der Waals surface area contributed by atoms with E-state index in [0.29, 0.717) is 60.7 Å². The molecule has 2 aromatic rings. The van der Waals surface area contributed by atoms with Crippen LogP contribution in [0.4, 0.5) is 10.5 Å². The van der Waals surface area contributed by atoms with Crippen LogP contribution in [0, 0.1) is 0 Å². The van der Waals surface area contributed by atoms with Gasteiger partial charge in [-0.05, 0) is 60.7 Å². The number of anilines is 1. The van der Waals surface area contributed by atoms with Gasteiger partial charge in [-0.3, -0.25) is 24.1 Å². The van der Waals surface area contributed by atoms with Crippen LogP contribution in [0.15, 0.2) is 47.4 Å². The third-order valence-electron chi connectivity index (χ3n) is 5.56. The molecule has 0 bridgehead atoms. The van der Waals surface area contributed by atoms with Gasteiger partial charge >= 0.3 is 0 Å².